The monoisotopic (exact) mass is 554 g/mol. The Balaban J connectivity index is 1.39. The Hall–Kier alpha value is -4.46. The van der Waals surface area contributed by atoms with Gasteiger partial charge in [0, 0.05) is 30.6 Å². The summed E-state index contributed by atoms with van der Waals surface area (Å²) in [4.78, 5) is 41.4. The summed E-state index contributed by atoms with van der Waals surface area (Å²) < 4.78 is 5.46. The molecule has 1 aliphatic rings. The number of ether oxygens (including phenoxy) is 1. The molecule has 1 aliphatic heterocycles. The molecule has 0 spiro atoms. The van der Waals surface area contributed by atoms with E-state index in [1.54, 1.807) is 24.3 Å². The van der Waals surface area contributed by atoms with E-state index in [9.17, 15) is 14.4 Å². The van der Waals surface area contributed by atoms with Crippen LogP contribution in [0.15, 0.2) is 84.9 Å². The van der Waals surface area contributed by atoms with Gasteiger partial charge in [0.25, 0.3) is 5.91 Å². The number of hydrogen-bond donors (Lipinski definition) is 3. The molecule has 0 bridgehead atoms. The number of hydrogen-bond acceptors (Lipinski definition) is 5. The fraction of sp³-hybridized carbons (Fsp3) is 0.333. The highest BCUT2D eigenvalue weighted by Crippen LogP contribution is 2.37. The van der Waals surface area contributed by atoms with E-state index in [0.717, 1.165) is 11.1 Å². The van der Waals surface area contributed by atoms with E-state index in [4.69, 9.17) is 15.9 Å². The Morgan fingerprint density at radius 2 is 1.49 bits per heavy atom. The van der Waals surface area contributed by atoms with E-state index >= 15 is 0 Å². The minimum absolute atomic E-state index is 0.0521. The second kappa shape index (κ2) is 13.3. The molecule has 4 rings (SSSR count). The molecule has 3 aromatic rings. The van der Waals surface area contributed by atoms with E-state index < -0.39 is 11.5 Å². The fourth-order valence-corrected chi connectivity index (χ4v) is 5.25. The minimum Gasteiger partial charge on any atom is -0.461 e. The zero-order valence-corrected chi connectivity index (χ0v) is 23.6. The van der Waals surface area contributed by atoms with Gasteiger partial charge in [-0.2, -0.15) is 0 Å². The number of nitrogens with two attached hydrogens (primary N) is 1. The molecule has 1 saturated heterocycles. The maximum absolute atomic E-state index is 13.9. The van der Waals surface area contributed by atoms with Gasteiger partial charge >= 0.3 is 5.97 Å². The third-order valence-corrected chi connectivity index (χ3v) is 7.74. The van der Waals surface area contributed by atoms with Crippen LogP contribution < -0.4 is 11.1 Å². The van der Waals surface area contributed by atoms with Gasteiger partial charge in [0.05, 0.1) is 11.5 Å². The van der Waals surface area contributed by atoms with Gasteiger partial charge in [-0.3, -0.25) is 19.8 Å². The largest absolute Gasteiger partial charge is 0.461 e. The van der Waals surface area contributed by atoms with Crippen LogP contribution in [0.5, 0.6) is 0 Å². The highest BCUT2D eigenvalue weighted by atomic mass is 16.5. The molecule has 0 aliphatic carbocycles. The number of amides is 2. The lowest BCUT2D eigenvalue weighted by molar-refractivity contribution is -0.147. The molecular formula is C33H38N4O4. The SMILES string of the molecule is CC(C)(C(=O)N1CCC(CC(=O)OCc2ccccc2)CC1)C(NC(=O)c1ccc(C(=N)N)cc1)c1ccccc1. The van der Waals surface area contributed by atoms with Gasteiger partial charge in [0.2, 0.25) is 5.91 Å². The number of nitrogens with zero attached hydrogens (tertiary/aromatic N) is 1. The Bertz CT molecular complexity index is 1350. The normalized spacial score (nSPS) is 14.6. The van der Waals surface area contributed by atoms with Crippen molar-refractivity contribution in [3.05, 3.63) is 107 Å². The molecule has 3 aromatic carbocycles. The summed E-state index contributed by atoms with van der Waals surface area (Å²) in [6.07, 6.45) is 1.77. The third-order valence-electron chi connectivity index (χ3n) is 7.74. The van der Waals surface area contributed by atoms with E-state index in [2.05, 4.69) is 5.32 Å². The second-order valence-electron chi connectivity index (χ2n) is 11.1. The van der Waals surface area contributed by atoms with Crippen molar-refractivity contribution in [1.29, 1.82) is 5.41 Å². The molecule has 8 heteroatoms. The summed E-state index contributed by atoms with van der Waals surface area (Å²) in [6.45, 7) is 5.07. The van der Waals surface area contributed by atoms with Crippen LogP contribution in [0.4, 0.5) is 0 Å². The molecule has 4 N–H and O–H groups in total. The van der Waals surface area contributed by atoms with Crippen molar-refractivity contribution >= 4 is 23.6 Å². The van der Waals surface area contributed by atoms with Gasteiger partial charge in [0.1, 0.15) is 12.4 Å². The van der Waals surface area contributed by atoms with Crippen molar-refractivity contribution in [2.45, 2.75) is 45.8 Å². The highest BCUT2D eigenvalue weighted by molar-refractivity contribution is 5.98. The molecule has 8 nitrogen and oxygen atoms in total. The molecule has 1 fully saturated rings. The predicted octanol–water partition coefficient (Wildman–Crippen LogP) is 4.84. The van der Waals surface area contributed by atoms with E-state index in [-0.39, 0.29) is 36.1 Å². The number of carbonyl (C=O) groups excluding carboxylic acids is 3. The average Bonchev–Trinajstić information content (AvgIpc) is 2.99. The average molecular weight is 555 g/mol. The smallest absolute Gasteiger partial charge is 0.306 e. The maximum atomic E-state index is 13.9. The number of benzene rings is 3. The van der Waals surface area contributed by atoms with Gasteiger partial charge in [0.15, 0.2) is 0 Å². The molecular weight excluding hydrogens is 516 g/mol. The van der Waals surface area contributed by atoms with E-state index in [1.165, 1.54) is 0 Å². The lowest BCUT2D eigenvalue weighted by Crippen LogP contribution is -2.51. The quantitative estimate of drug-likeness (QED) is 0.188. The van der Waals surface area contributed by atoms with Crippen molar-refractivity contribution in [3.8, 4) is 0 Å². The van der Waals surface area contributed by atoms with Gasteiger partial charge in [-0.1, -0.05) is 72.8 Å². The molecule has 1 heterocycles. The maximum Gasteiger partial charge on any atom is 0.306 e. The number of likely N-dealkylation sites (tertiary alicyclic amines) is 1. The second-order valence-corrected chi connectivity index (χ2v) is 11.1. The molecule has 41 heavy (non-hydrogen) atoms. The third kappa shape index (κ3) is 7.60. The van der Waals surface area contributed by atoms with Crippen molar-refractivity contribution in [1.82, 2.24) is 10.2 Å². The van der Waals surface area contributed by atoms with Crippen LogP contribution in [0, 0.1) is 16.7 Å². The molecule has 2 amide bonds. The zero-order valence-electron chi connectivity index (χ0n) is 23.6. The van der Waals surface area contributed by atoms with Gasteiger partial charge < -0.3 is 20.7 Å². The molecule has 0 radical (unpaired) electrons. The topological polar surface area (TPSA) is 126 Å². The number of nitrogens with one attached hydrogen (secondary N) is 2. The Labute approximate surface area is 241 Å². The predicted molar refractivity (Wildman–Crippen MR) is 158 cm³/mol. The van der Waals surface area contributed by atoms with Gasteiger partial charge in [-0.25, -0.2) is 0 Å². The van der Waals surface area contributed by atoms with Crippen molar-refractivity contribution in [3.63, 3.8) is 0 Å². The molecule has 214 valence electrons. The number of amidine groups is 1. The molecule has 1 atom stereocenters. The number of rotatable bonds is 10. The zero-order chi connectivity index (χ0) is 29.4. The van der Waals surface area contributed by atoms with E-state index in [1.807, 2.05) is 79.4 Å². The summed E-state index contributed by atoms with van der Waals surface area (Å²) >= 11 is 0. The molecule has 0 aromatic heterocycles. The summed E-state index contributed by atoms with van der Waals surface area (Å²) in [7, 11) is 0. The van der Waals surface area contributed by atoms with Crippen molar-refractivity contribution < 1.29 is 19.1 Å². The lowest BCUT2D eigenvalue weighted by Gasteiger charge is -2.40. The van der Waals surface area contributed by atoms with Crippen LogP contribution in [-0.4, -0.2) is 41.6 Å². The van der Waals surface area contributed by atoms with Crippen LogP contribution in [-0.2, 0) is 20.9 Å². The standard InChI is InChI=1S/C33H38N4O4/c1-33(2,29(25-11-7-4-8-12-25)36-31(39)27-15-13-26(14-16-27)30(34)35)32(40)37-19-17-23(18-20-37)21-28(38)41-22-24-9-5-3-6-10-24/h3-16,23,29H,17-22H2,1-2H3,(H3,34,35)(H,36,39). The summed E-state index contributed by atoms with van der Waals surface area (Å²) in [5.41, 5.74) is 7.33. The Morgan fingerprint density at radius 1 is 0.927 bits per heavy atom. The first-order valence-corrected chi connectivity index (χ1v) is 13.9. The number of piperidine rings is 1. The van der Waals surface area contributed by atoms with Crippen molar-refractivity contribution in [2.75, 3.05) is 13.1 Å². The van der Waals surface area contributed by atoms with Gasteiger partial charge in [-0.05, 0) is 55.9 Å². The summed E-state index contributed by atoms with van der Waals surface area (Å²) in [6, 6.07) is 25.0. The van der Waals surface area contributed by atoms with Crippen molar-refractivity contribution in [2.24, 2.45) is 17.1 Å². The lowest BCUT2D eigenvalue weighted by atomic mass is 9.78. The Morgan fingerprint density at radius 3 is 2.07 bits per heavy atom. The number of nitrogen functional groups attached to an aromatic ring is 1. The first kappa shape index (κ1) is 29.5. The van der Waals surface area contributed by atoms with Crippen LogP contribution in [0.1, 0.15) is 66.2 Å². The highest BCUT2D eigenvalue weighted by Gasteiger charge is 2.42. The summed E-state index contributed by atoms with van der Waals surface area (Å²) in [5.74, 6) is -0.500. The Kier molecular flexibility index (Phi) is 9.55. The van der Waals surface area contributed by atoms with Crippen LogP contribution in [0.3, 0.4) is 0 Å². The first-order chi connectivity index (χ1) is 19.6. The fourth-order valence-electron chi connectivity index (χ4n) is 5.25. The molecule has 1 unspecified atom stereocenters. The number of carbonyl (C=O) groups is 3. The van der Waals surface area contributed by atoms with E-state index in [0.29, 0.717) is 43.5 Å². The van der Waals surface area contributed by atoms with Gasteiger partial charge in [-0.15, -0.1) is 0 Å². The van der Waals surface area contributed by atoms with Crippen LogP contribution in [0.2, 0.25) is 0 Å². The summed E-state index contributed by atoms with van der Waals surface area (Å²) in [5, 5.41) is 10.7. The first-order valence-electron chi connectivity index (χ1n) is 13.9. The number of esters is 1. The van der Waals surface area contributed by atoms with Crippen LogP contribution in [0.25, 0.3) is 0 Å². The molecule has 0 saturated carbocycles. The van der Waals surface area contributed by atoms with Crippen LogP contribution >= 0.6 is 0 Å². The minimum atomic E-state index is -0.947.